The highest BCUT2D eigenvalue weighted by molar-refractivity contribution is 5.95. The first-order valence-electron chi connectivity index (χ1n) is 5.10. The molecule has 6 heteroatoms. The summed E-state index contributed by atoms with van der Waals surface area (Å²) in [6, 6.07) is 2.82. The largest absolute Gasteiger partial charge is 0.383 e. The third kappa shape index (κ3) is 3.84. The van der Waals surface area contributed by atoms with Crippen molar-refractivity contribution in [1.82, 2.24) is 10.3 Å². The van der Waals surface area contributed by atoms with Gasteiger partial charge in [0.15, 0.2) is 0 Å². The zero-order valence-electron chi connectivity index (χ0n) is 9.77. The first kappa shape index (κ1) is 13.1. The molecule has 0 aromatic carbocycles. The molecule has 17 heavy (non-hydrogen) atoms. The number of nitrogens with one attached hydrogen (secondary N) is 1. The van der Waals surface area contributed by atoms with Crippen LogP contribution in [0.1, 0.15) is 27.8 Å². The average molecular weight is 237 g/mol. The molecule has 0 saturated heterocycles. The molecule has 0 radical (unpaired) electrons. The lowest BCUT2D eigenvalue weighted by Gasteiger charge is -2.12. The van der Waals surface area contributed by atoms with E-state index in [2.05, 4.69) is 10.3 Å². The van der Waals surface area contributed by atoms with Gasteiger partial charge in [0.25, 0.3) is 11.8 Å². The standard InChI is InChI=1S/C11H15N3O3/c1-7(6-17-2)14-11(16)8-3-4-9(10(12)15)13-5-8/h3-5,7H,6H2,1-2H3,(H2,12,15)(H,14,16). The Hall–Kier alpha value is -1.95. The van der Waals surface area contributed by atoms with E-state index in [4.69, 9.17) is 10.5 Å². The smallest absolute Gasteiger partial charge is 0.267 e. The molecule has 0 fully saturated rings. The van der Waals surface area contributed by atoms with Gasteiger partial charge in [-0.15, -0.1) is 0 Å². The quantitative estimate of drug-likeness (QED) is 0.750. The van der Waals surface area contributed by atoms with E-state index in [1.54, 1.807) is 7.11 Å². The molecule has 0 aliphatic carbocycles. The Labute approximate surface area is 99.2 Å². The highest BCUT2D eigenvalue weighted by Gasteiger charge is 2.10. The van der Waals surface area contributed by atoms with Crippen LogP contribution in [-0.2, 0) is 4.74 Å². The Morgan fingerprint density at radius 3 is 2.71 bits per heavy atom. The number of rotatable bonds is 5. The minimum absolute atomic E-state index is 0.0942. The van der Waals surface area contributed by atoms with Crippen LogP contribution in [0.15, 0.2) is 18.3 Å². The molecule has 1 aromatic rings. The molecule has 0 bridgehead atoms. The first-order chi connectivity index (χ1) is 8.04. The van der Waals surface area contributed by atoms with Crippen molar-refractivity contribution in [2.45, 2.75) is 13.0 Å². The number of amides is 2. The molecule has 1 atom stereocenters. The molecule has 1 heterocycles. The maximum absolute atomic E-state index is 11.7. The van der Waals surface area contributed by atoms with Gasteiger partial charge < -0.3 is 15.8 Å². The molecule has 1 unspecified atom stereocenters. The van der Waals surface area contributed by atoms with Crippen molar-refractivity contribution in [1.29, 1.82) is 0 Å². The van der Waals surface area contributed by atoms with E-state index in [-0.39, 0.29) is 17.6 Å². The number of ether oxygens (including phenoxy) is 1. The lowest BCUT2D eigenvalue weighted by molar-refractivity contribution is 0.0903. The zero-order valence-corrected chi connectivity index (χ0v) is 9.77. The van der Waals surface area contributed by atoms with Gasteiger partial charge in [-0.3, -0.25) is 14.6 Å². The molecule has 2 amide bonds. The SMILES string of the molecule is COCC(C)NC(=O)c1ccc(C(N)=O)nc1. The number of aromatic nitrogens is 1. The van der Waals surface area contributed by atoms with Crippen molar-refractivity contribution in [3.05, 3.63) is 29.6 Å². The fourth-order valence-corrected chi connectivity index (χ4v) is 1.27. The van der Waals surface area contributed by atoms with E-state index in [0.717, 1.165) is 0 Å². The van der Waals surface area contributed by atoms with E-state index in [0.29, 0.717) is 12.2 Å². The zero-order chi connectivity index (χ0) is 12.8. The number of methoxy groups -OCH3 is 1. The van der Waals surface area contributed by atoms with Gasteiger partial charge in [0.2, 0.25) is 0 Å². The molecule has 1 rings (SSSR count). The molecule has 6 nitrogen and oxygen atoms in total. The summed E-state index contributed by atoms with van der Waals surface area (Å²) >= 11 is 0. The molecule has 0 spiro atoms. The molecular weight excluding hydrogens is 222 g/mol. The predicted molar refractivity (Wildman–Crippen MR) is 61.6 cm³/mol. The van der Waals surface area contributed by atoms with Crippen LogP contribution >= 0.6 is 0 Å². The number of hydrogen-bond donors (Lipinski definition) is 2. The van der Waals surface area contributed by atoms with Gasteiger partial charge in [0.1, 0.15) is 5.69 Å². The summed E-state index contributed by atoms with van der Waals surface area (Å²) in [4.78, 5) is 26.3. The van der Waals surface area contributed by atoms with Crippen molar-refractivity contribution < 1.29 is 14.3 Å². The average Bonchev–Trinajstić information content (AvgIpc) is 2.29. The Morgan fingerprint density at radius 1 is 1.53 bits per heavy atom. The fourth-order valence-electron chi connectivity index (χ4n) is 1.27. The maximum atomic E-state index is 11.7. The van der Waals surface area contributed by atoms with E-state index in [1.165, 1.54) is 18.3 Å². The van der Waals surface area contributed by atoms with E-state index < -0.39 is 5.91 Å². The van der Waals surface area contributed by atoms with Crippen LogP contribution < -0.4 is 11.1 Å². The Kier molecular flexibility index (Phi) is 4.59. The van der Waals surface area contributed by atoms with Crippen LogP contribution in [0.4, 0.5) is 0 Å². The van der Waals surface area contributed by atoms with Gasteiger partial charge in [-0.05, 0) is 19.1 Å². The van der Waals surface area contributed by atoms with Gasteiger partial charge in [-0.25, -0.2) is 0 Å². The lowest BCUT2D eigenvalue weighted by Crippen LogP contribution is -2.35. The number of pyridine rings is 1. The number of nitrogens with zero attached hydrogens (tertiary/aromatic N) is 1. The predicted octanol–water partition coefficient (Wildman–Crippen LogP) is -0.0548. The number of nitrogens with two attached hydrogens (primary N) is 1. The van der Waals surface area contributed by atoms with Crippen LogP contribution in [0.5, 0.6) is 0 Å². The second kappa shape index (κ2) is 5.95. The monoisotopic (exact) mass is 237 g/mol. The second-order valence-corrected chi connectivity index (χ2v) is 3.63. The third-order valence-corrected chi connectivity index (χ3v) is 2.07. The van der Waals surface area contributed by atoms with Crippen molar-refractivity contribution in [3.8, 4) is 0 Å². The summed E-state index contributed by atoms with van der Waals surface area (Å²) in [6.45, 7) is 2.26. The molecule has 92 valence electrons. The first-order valence-corrected chi connectivity index (χ1v) is 5.10. The molecule has 0 aliphatic rings. The topological polar surface area (TPSA) is 94.3 Å². The molecule has 0 saturated carbocycles. The van der Waals surface area contributed by atoms with Crippen molar-refractivity contribution in [2.24, 2.45) is 5.73 Å². The third-order valence-electron chi connectivity index (χ3n) is 2.07. The Morgan fingerprint density at radius 2 is 2.24 bits per heavy atom. The number of hydrogen-bond acceptors (Lipinski definition) is 4. The Bertz CT molecular complexity index is 403. The van der Waals surface area contributed by atoms with Gasteiger partial charge >= 0.3 is 0 Å². The van der Waals surface area contributed by atoms with E-state index in [1.807, 2.05) is 6.92 Å². The van der Waals surface area contributed by atoms with Crippen LogP contribution in [0, 0.1) is 0 Å². The highest BCUT2D eigenvalue weighted by atomic mass is 16.5. The Balaban J connectivity index is 2.66. The molecule has 0 aliphatic heterocycles. The van der Waals surface area contributed by atoms with E-state index >= 15 is 0 Å². The van der Waals surface area contributed by atoms with Gasteiger partial charge in [0, 0.05) is 19.3 Å². The van der Waals surface area contributed by atoms with Crippen LogP contribution in [-0.4, -0.2) is 36.6 Å². The number of carbonyl (C=O) groups excluding carboxylic acids is 2. The van der Waals surface area contributed by atoms with Gasteiger partial charge in [0.05, 0.1) is 12.2 Å². The van der Waals surface area contributed by atoms with Crippen LogP contribution in [0.25, 0.3) is 0 Å². The summed E-state index contributed by atoms with van der Waals surface area (Å²) < 4.78 is 4.90. The molecule has 1 aromatic heterocycles. The van der Waals surface area contributed by atoms with Gasteiger partial charge in [-0.1, -0.05) is 0 Å². The lowest BCUT2D eigenvalue weighted by atomic mass is 10.2. The maximum Gasteiger partial charge on any atom is 0.267 e. The van der Waals surface area contributed by atoms with Gasteiger partial charge in [-0.2, -0.15) is 0 Å². The number of carbonyl (C=O) groups is 2. The van der Waals surface area contributed by atoms with Crippen LogP contribution in [0.2, 0.25) is 0 Å². The van der Waals surface area contributed by atoms with Crippen LogP contribution in [0.3, 0.4) is 0 Å². The molecular formula is C11H15N3O3. The van der Waals surface area contributed by atoms with Crippen molar-refractivity contribution >= 4 is 11.8 Å². The highest BCUT2D eigenvalue weighted by Crippen LogP contribution is 2.00. The fraction of sp³-hybridized carbons (Fsp3) is 0.364. The summed E-state index contributed by atoms with van der Waals surface area (Å²) in [7, 11) is 1.56. The molecule has 3 N–H and O–H groups in total. The number of primary amides is 1. The normalized spacial score (nSPS) is 11.9. The van der Waals surface area contributed by atoms with Crippen molar-refractivity contribution in [3.63, 3.8) is 0 Å². The summed E-state index contributed by atoms with van der Waals surface area (Å²) in [5, 5.41) is 2.73. The summed E-state index contributed by atoms with van der Waals surface area (Å²) in [6.07, 6.45) is 1.31. The summed E-state index contributed by atoms with van der Waals surface area (Å²) in [5.41, 5.74) is 5.55. The summed E-state index contributed by atoms with van der Waals surface area (Å²) in [5.74, 6) is -0.886. The van der Waals surface area contributed by atoms with Crippen molar-refractivity contribution in [2.75, 3.05) is 13.7 Å². The minimum atomic E-state index is -0.621. The van der Waals surface area contributed by atoms with E-state index in [9.17, 15) is 9.59 Å². The minimum Gasteiger partial charge on any atom is -0.383 e. The second-order valence-electron chi connectivity index (χ2n) is 3.63.